The maximum absolute atomic E-state index is 15.3. The number of rotatable bonds is 26. The first-order valence-corrected chi connectivity index (χ1v) is 31.0. The molecule has 0 saturated heterocycles. The van der Waals surface area contributed by atoms with Crippen LogP contribution in [0.1, 0.15) is 251 Å². The lowest BCUT2D eigenvalue weighted by molar-refractivity contribution is 0.0608. The van der Waals surface area contributed by atoms with Crippen LogP contribution in [-0.2, 0) is 10.8 Å². The van der Waals surface area contributed by atoms with Gasteiger partial charge in [0.15, 0.2) is 0 Å². The predicted octanol–water partition coefficient (Wildman–Crippen LogP) is 18.5. The van der Waals surface area contributed by atoms with Crippen molar-refractivity contribution >= 4 is 89.1 Å². The van der Waals surface area contributed by atoms with Gasteiger partial charge in [-0.15, -0.1) is 45.3 Å². The number of unbranched alkanes of at least 4 members (excludes halogenated alkanes) is 4. The SMILES string of the molecule is CCCCC(CC)CN1C(=O)c2c(-c3cc4c(OC(CC)CCCC)c5sc(C(C)(C)C)cc5c(OC(CC)CCCC)c4s3)sc(-c3sc(C(C)(C)C)c4c3C(=O)N(CC(CC)CCCC)C4=O)c2C1=O. The van der Waals surface area contributed by atoms with E-state index in [0.29, 0.717) is 50.0 Å². The number of thiophene rings is 4. The van der Waals surface area contributed by atoms with Gasteiger partial charge in [0, 0.05) is 38.5 Å². The van der Waals surface area contributed by atoms with Gasteiger partial charge in [-0.3, -0.25) is 29.0 Å². The molecule has 1 aromatic carbocycles. The van der Waals surface area contributed by atoms with Crippen molar-refractivity contribution in [3.8, 4) is 31.0 Å². The molecule has 0 saturated carbocycles. The van der Waals surface area contributed by atoms with Gasteiger partial charge >= 0.3 is 0 Å². The molecule has 394 valence electrons. The molecule has 12 heteroatoms. The molecule has 6 heterocycles. The van der Waals surface area contributed by atoms with E-state index in [0.717, 1.165) is 144 Å². The number of hydrogen-bond donors (Lipinski definition) is 0. The Hall–Kier alpha value is -3.58. The molecule has 0 spiro atoms. The van der Waals surface area contributed by atoms with Crippen LogP contribution in [0.3, 0.4) is 0 Å². The third-order valence-corrected chi connectivity index (χ3v) is 20.9. The highest BCUT2D eigenvalue weighted by molar-refractivity contribution is 7.29. The van der Waals surface area contributed by atoms with E-state index in [-0.39, 0.29) is 53.1 Å². The van der Waals surface area contributed by atoms with Crippen LogP contribution < -0.4 is 9.47 Å². The van der Waals surface area contributed by atoms with Gasteiger partial charge in [-0.25, -0.2) is 0 Å². The second-order valence-electron chi connectivity index (χ2n) is 22.7. The van der Waals surface area contributed by atoms with Crippen LogP contribution in [0.4, 0.5) is 0 Å². The minimum Gasteiger partial charge on any atom is -0.488 e. The number of carbonyl (C=O) groups excluding carboxylic acids is 4. The Morgan fingerprint density at radius 3 is 1.33 bits per heavy atom. The molecular weight excluding hydrogens is 973 g/mol. The predicted molar refractivity (Wildman–Crippen MR) is 307 cm³/mol. The van der Waals surface area contributed by atoms with Gasteiger partial charge in [0.2, 0.25) is 0 Å². The van der Waals surface area contributed by atoms with Gasteiger partial charge in [0.25, 0.3) is 23.6 Å². The van der Waals surface area contributed by atoms with Gasteiger partial charge in [0.1, 0.15) is 11.5 Å². The van der Waals surface area contributed by atoms with Gasteiger partial charge in [-0.05, 0) is 73.3 Å². The highest BCUT2D eigenvalue weighted by Crippen LogP contribution is 2.58. The number of nitrogens with zero attached hydrogens (tertiary/aromatic N) is 2. The summed E-state index contributed by atoms with van der Waals surface area (Å²) < 4.78 is 16.6. The number of hydrogen-bond acceptors (Lipinski definition) is 10. The van der Waals surface area contributed by atoms with E-state index >= 15 is 9.59 Å². The minimum atomic E-state index is -0.465. The van der Waals surface area contributed by atoms with E-state index in [1.165, 1.54) is 37.4 Å². The van der Waals surface area contributed by atoms with Crippen LogP contribution in [0.25, 0.3) is 39.7 Å². The summed E-state index contributed by atoms with van der Waals surface area (Å²) in [5.41, 5.74) is 1.05. The molecule has 72 heavy (non-hydrogen) atoms. The summed E-state index contributed by atoms with van der Waals surface area (Å²) in [6.07, 6.45) is 15.7. The van der Waals surface area contributed by atoms with E-state index < -0.39 is 5.41 Å². The van der Waals surface area contributed by atoms with Crippen molar-refractivity contribution in [1.29, 1.82) is 0 Å². The van der Waals surface area contributed by atoms with E-state index in [1.54, 1.807) is 22.7 Å². The van der Waals surface area contributed by atoms with E-state index in [1.807, 2.05) is 0 Å². The molecular formula is C60H84N2O6S4. The molecule has 4 unspecified atom stereocenters. The minimum absolute atomic E-state index is 0.0150. The fourth-order valence-electron chi connectivity index (χ4n) is 10.4. The summed E-state index contributed by atoms with van der Waals surface area (Å²) in [5, 5.41) is 2.02. The Labute approximate surface area is 447 Å². The van der Waals surface area contributed by atoms with Gasteiger partial charge in [0.05, 0.1) is 58.5 Å². The normalized spacial score (nSPS) is 15.9. The highest BCUT2D eigenvalue weighted by Gasteiger charge is 2.49. The molecule has 0 N–H and O–H groups in total. The first-order chi connectivity index (χ1) is 34.3. The van der Waals surface area contributed by atoms with Crippen LogP contribution in [0.5, 0.6) is 11.5 Å². The highest BCUT2D eigenvalue weighted by atomic mass is 32.1. The van der Waals surface area contributed by atoms with Crippen molar-refractivity contribution in [2.24, 2.45) is 11.8 Å². The lowest BCUT2D eigenvalue weighted by Crippen LogP contribution is -2.35. The molecule has 8 nitrogen and oxygen atoms in total. The summed E-state index contributed by atoms with van der Waals surface area (Å²) >= 11 is 6.28. The standard InChI is InChI=1S/C60H84N2O6S4/c1-15-23-27-35(19-5)33-61-55(63)43-44(56(61)64)52(53-45-46(54(72-53)60(12,13)14)58(66)62(57(45)65)34-36(20-6)28-24-16-2)71-51(43)41-31-39-47(67-37(21-7)29-25-17-3)50-40(32-42(70-50)59(9,10)11)48(49(39)69-41)68-38(22-8)30-26-18-4/h31-32,35-38H,15-30,33-34H2,1-14H3. The first-order valence-electron chi connectivity index (χ1n) is 27.8. The summed E-state index contributed by atoms with van der Waals surface area (Å²) in [5.74, 6) is 0.944. The molecule has 0 bridgehead atoms. The molecule has 4 aromatic heterocycles. The zero-order valence-electron chi connectivity index (χ0n) is 46.2. The third-order valence-electron chi connectivity index (χ3n) is 15.1. The summed E-state index contributed by atoms with van der Waals surface area (Å²) in [7, 11) is 0. The summed E-state index contributed by atoms with van der Waals surface area (Å²) in [6, 6.07) is 4.52. The van der Waals surface area contributed by atoms with E-state index in [4.69, 9.17) is 9.47 Å². The van der Waals surface area contributed by atoms with Crippen LogP contribution in [0.15, 0.2) is 12.1 Å². The number of carbonyl (C=O) groups is 4. The topological polar surface area (TPSA) is 93.2 Å². The van der Waals surface area contributed by atoms with Crippen LogP contribution in [-0.4, -0.2) is 58.7 Å². The molecule has 4 amide bonds. The smallest absolute Gasteiger partial charge is 0.263 e. The monoisotopic (exact) mass is 1060 g/mol. The van der Waals surface area contributed by atoms with Crippen molar-refractivity contribution in [1.82, 2.24) is 9.80 Å². The number of imide groups is 2. The van der Waals surface area contributed by atoms with E-state index in [2.05, 4.69) is 109 Å². The second kappa shape index (κ2) is 23.5. The van der Waals surface area contributed by atoms with E-state index in [9.17, 15) is 9.59 Å². The lowest BCUT2D eigenvalue weighted by Gasteiger charge is -2.23. The molecule has 2 aliphatic rings. The average molecular weight is 1060 g/mol. The molecule has 4 atom stereocenters. The van der Waals surface area contributed by atoms with Crippen LogP contribution in [0, 0.1) is 11.8 Å². The Kier molecular flexibility index (Phi) is 18.4. The maximum atomic E-state index is 15.3. The van der Waals surface area contributed by atoms with Crippen LogP contribution in [0.2, 0.25) is 0 Å². The van der Waals surface area contributed by atoms with Gasteiger partial charge in [-0.1, -0.05) is 161 Å². The third kappa shape index (κ3) is 11.0. The maximum Gasteiger partial charge on any atom is 0.263 e. The van der Waals surface area contributed by atoms with Crippen molar-refractivity contribution in [2.45, 2.75) is 223 Å². The number of amides is 4. The molecule has 0 radical (unpaired) electrons. The van der Waals surface area contributed by atoms with Crippen molar-refractivity contribution in [2.75, 3.05) is 13.1 Å². The van der Waals surface area contributed by atoms with Crippen LogP contribution >= 0.6 is 45.3 Å². The molecule has 0 aliphatic carbocycles. The van der Waals surface area contributed by atoms with Crippen molar-refractivity contribution in [3.05, 3.63) is 44.1 Å². The summed E-state index contributed by atoms with van der Waals surface area (Å²) in [6.45, 7) is 31.2. The fraction of sp³-hybridized carbons (Fsp3) is 0.633. The second-order valence-corrected chi connectivity index (χ2v) is 26.9. The fourth-order valence-corrected chi connectivity index (χ4v) is 15.7. The zero-order valence-corrected chi connectivity index (χ0v) is 49.4. The lowest BCUT2D eigenvalue weighted by atomic mass is 9.90. The summed E-state index contributed by atoms with van der Waals surface area (Å²) in [4.78, 5) is 68.2. The van der Waals surface area contributed by atoms with Crippen molar-refractivity contribution in [3.63, 3.8) is 0 Å². The van der Waals surface area contributed by atoms with Gasteiger partial charge in [-0.2, -0.15) is 0 Å². The number of benzene rings is 1. The largest absolute Gasteiger partial charge is 0.488 e. The zero-order chi connectivity index (χ0) is 52.4. The number of fused-ring (bicyclic) bond motifs is 4. The quantitative estimate of drug-likeness (QED) is 0.0512. The molecule has 0 fully saturated rings. The number of ether oxygens (including phenoxy) is 2. The molecule has 7 rings (SSSR count). The molecule has 2 aliphatic heterocycles. The Balaban J connectivity index is 1.52. The Bertz CT molecular complexity index is 2680. The Morgan fingerprint density at radius 2 is 0.889 bits per heavy atom. The first kappa shape index (κ1) is 56.2. The van der Waals surface area contributed by atoms with Gasteiger partial charge < -0.3 is 9.47 Å². The molecule has 5 aromatic rings. The average Bonchev–Trinajstić information content (AvgIpc) is 4.21. The Morgan fingerprint density at radius 1 is 0.472 bits per heavy atom. The van der Waals surface area contributed by atoms with Crippen molar-refractivity contribution < 1.29 is 28.7 Å².